The summed E-state index contributed by atoms with van der Waals surface area (Å²) in [7, 11) is 0. The summed E-state index contributed by atoms with van der Waals surface area (Å²) in [6, 6.07) is 53.5. The molecule has 0 atom stereocenters. The summed E-state index contributed by atoms with van der Waals surface area (Å²) in [6.45, 7) is 4.67. The molecular formula is C48H31N3OS. The van der Waals surface area contributed by atoms with Crippen LogP contribution in [0.25, 0.3) is 98.5 Å². The maximum atomic E-state index is 6.31. The maximum Gasteiger partial charge on any atom is 0.164 e. The van der Waals surface area contributed by atoms with Gasteiger partial charge in [0.15, 0.2) is 17.5 Å². The van der Waals surface area contributed by atoms with E-state index < -0.39 is 0 Å². The van der Waals surface area contributed by atoms with Gasteiger partial charge in [0.2, 0.25) is 0 Å². The molecule has 0 bridgehead atoms. The first kappa shape index (κ1) is 30.2. The SMILES string of the molecule is CC1(C)c2ccc(-c3cccc(-c4nc(-c5ccccc5)nc(-c5ccc6c(c5)sc5ccccc56)n4)c3)cc2-c2ccc3oc4ccccc4c3c21. The Hall–Kier alpha value is -6.43. The van der Waals surface area contributed by atoms with Gasteiger partial charge >= 0.3 is 0 Å². The van der Waals surface area contributed by atoms with E-state index in [-0.39, 0.29) is 5.41 Å². The van der Waals surface area contributed by atoms with E-state index in [4.69, 9.17) is 19.4 Å². The van der Waals surface area contributed by atoms with Crippen molar-refractivity contribution in [3.05, 3.63) is 163 Å². The molecule has 1 aliphatic rings. The molecule has 4 nitrogen and oxygen atoms in total. The Morgan fingerprint density at radius 1 is 0.453 bits per heavy atom. The van der Waals surface area contributed by atoms with E-state index >= 15 is 0 Å². The van der Waals surface area contributed by atoms with Crippen molar-refractivity contribution in [2.45, 2.75) is 19.3 Å². The minimum atomic E-state index is -0.175. The average molecular weight is 698 g/mol. The third-order valence-electron chi connectivity index (χ3n) is 10.9. The normalized spacial score (nSPS) is 13.2. The Balaban J connectivity index is 1.04. The van der Waals surface area contributed by atoms with Crippen molar-refractivity contribution in [2.24, 2.45) is 0 Å². The molecule has 0 amide bonds. The Morgan fingerprint density at radius 2 is 1.09 bits per heavy atom. The van der Waals surface area contributed by atoms with Crippen LogP contribution in [-0.2, 0) is 5.41 Å². The van der Waals surface area contributed by atoms with Crippen LogP contribution < -0.4 is 0 Å². The van der Waals surface area contributed by atoms with Crippen LogP contribution in [0, 0.1) is 0 Å². The van der Waals surface area contributed by atoms with E-state index in [1.807, 2.05) is 24.3 Å². The second-order valence-electron chi connectivity index (χ2n) is 14.4. The molecule has 0 aliphatic heterocycles. The van der Waals surface area contributed by atoms with Gasteiger partial charge in [-0.2, -0.15) is 0 Å². The minimum Gasteiger partial charge on any atom is -0.456 e. The monoisotopic (exact) mass is 697 g/mol. The van der Waals surface area contributed by atoms with Crippen molar-refractivity contribution in [2.75, 3.05) is 0 Å². The lowest BCUT2D eigenvalue weighted by Crippen LogP contribution is -2.15. The number of benzene rings is 7. The average Bonchev–Trinajstić information content (AvgIpc) is 3.85. The largest absolute Gasteiger partial charge is 0.456 e. The molecule has 0 radical (unpaired) electrons. The molecule has 5 heteroatoms. The first-order chi connectivity index (χ1) is 26.0. The molecule has 0 unspecified atom stereocenters. The van der Waals surface area contributed by atoms with Crippen LogP contribution in [0.3, 0.4) is 0 Å². The molecule has 0 saturated heterocycles. The van der Waals surface area contributed by atoms with Gasteiger partial charge in [-0.05, 0) is 69.8 Å². The van der Waals surface area contributed by atoms with E-state index in [9.17, 15) is 0 Å². The highest BCUT2D eigenvalue weighted by Crippen LogP contribution is 2.53. The lowest BCUT2D eigenvalue weighted by molar-refractivity contribution is 0.657. The molecule has 250 valence electrons. The molecule has 3 heterocycles. The van der Waals surface area contributed by atoms with Crippen molar-refractivity contribution in [1.29, 1.82) is 0 Å². The third kappa shape index (κ3) is 4.64. The quantitative estimate of drug-likeness (QED) is 0.184. The van der Waals surface area contributed by atoms with Crippen LogP contribution in [0.4, 0.5) is 0 Å². The van der Waals surface area contributed by atoms with Crippen LogP contribution in [0.15, 0.2) is 156 Å². The van der Waals surface area contributed by atoms with Gasteiger partial charge in [-0.3, -0.25) is 0 Å². The van der Waals surface area contributed by atoms with Crippen LogP contribution in [0.5, 0.6) is 0 Å². The topological polar surface area (TPSA) is 51.8 Å². The highest BCUT2D eigenvalue weighted by molar-refractivity contribution is 7.25. The molecule has 0 N–H and O–H groups in total. The molecule has 11 rings (SSSR count). The highest BCUT2D eigenvalue weighted by atomic mass is 32.1. The zero-order valence-electron chi connectivity index (χ0n) is 29.1. The van der Waals surface area contributed by atoms with Crippen LogP contribution in [0.1, 0.15) is 25.0 Å². The predicted octanol–water partition coefficient (Wildman–Crippen LogP) is 13.1. The summed E-state index contributed by atoms with van der Waals surface area (Å²) in [5, 5.41) is 4.92. The third-order valence-corrected chi connectivity index (χ3v) is 12.0. The van der Waals surface area contributed by atoms with Gasteiger partial charge < -0.3 is 4.42 Å². The predicted molar refractivity (Wildman–Crippen MR) is 219 cm³/mol. The van der Waals surface area contributed by atoms with Gasteiger partial charge in [0, 0.05) is 53.1 Å². The standard InChI is InChI=1S/C48H31N3OS/c1-48(2)38-23-20-30(26-37(38)35-22-24-40-43(44(35)48)36-16-6-8-17-39(36)52-40)29-13-10-14-31(25-29)46-49-45(28-11-4-3-5-12-28)50-47(51-46)32-19-21-34-33-15-7-9-18-41(33)53-42(34)27-32/h3-27H,1-2H3. The Morgan fingerprint density at radius 3 is 1.94 bits per heavy atom. The molecule has 3 aromatic heterocycles. The number of rotatable bonds is 4. The van der Waals surface area contributed by atoms with Crippen molar-refractivity contribution in [3.63, 3.8) is 0 Å². The van der Waals surface area contributed by atoms with Gasteiger partial charge in [0.05, 0.1) is 0 Å². The Kier molecular flexibility index (Phi) is 6.43. The zero-order chi connectivity index (χ0) is 35.3. The lowest BCUT2D eigenvalue weighted by atomic mass is 9.80. The van der Waals surface area contributed by atoms with Gasteiger partial charge in [-0.15, -0.1) is 11.3 Å². The number of para-hydroxylation sites is 1. The number of hydrogen-bond acceptors (Lipinski definition) is 5. The molecule has 10 aromatic rings. The fraction of sp³-hybridized carbons (Fsp3) is 0.0625. The number of nitrogens with zero attached hydrogens (tertiary/aromatic N) is 3. The number of fused-ring (bicyclic) bond motifs is 10. The molecular weight excluding hydrogens is 667 g/mol. The smallest absolute Gasteiger partial charge is 0.164 e. The van der Waals surface area contributed by atoms with E-state index in [0.29, 0.717) is 17.5 Å². The summed E-state index contributed by atoms with van der Waals surface area (Å²) in [6.07, 6.45) is 0. The summed E-state index contributed by atoms with van der Waals surface area (Å²) in [5.41, 5.74) is 12.0. The zero-order valence-corrected chi connectivity index (χ0v) is 29.9. The van der Waals surface area contributed by atoms with Crippen LogP contribution in [0.2, 0.25) is 0 Å². The summed E-state index contributed by atoms with van der Waals surface area (Å²) in [5.74, 6) is 1.96. The number of thiophene rings is 1. The summed E-state index contributed by atoms with van der Waals surface area (Å²) in [4.78, 5) is 15.2. The van der Waals surface area contributed by atoms with Crippen molar-refractivity contribution in [1.82, 2.24) is 15.0 Å². The van der Waals surface area contributed by atoms with Gasteiger partial charge in [-0.1, -0.05) is 129 Å². The number of aromatic nitrogens is 3. The first-order valence-electron chi connectivity index (χ1n) is 17.9. The lowest BCUT2D eigenvalue weighted by Gasteiger charge is -2.22. The number of hydrogen-bond donors (Lipinski definition) is 0. The van der Waals surface area contributed by atoms with E-state index in [1.54, 1.807) is 11.3 Å². The summed E-state index contributed by atoms with van der Waals surface area (Å²) >= 11 is 1.80. The Labute approximate surface area is 310 Å². The highest BCUT2D eigenvalue weighted by Gasteiger charge is 2.38. The van der Waals surface area contributed by atoms with Gasteiger partial charge in [0.1, 0.15) is 11.2 Å². The second kappa shape index (κ2) is 11.3. The van der Waals surface area contributed by atoms with Gasteiger partial charge in [0.25, 0.3) is 0 Å². The van der Waals surface area contributed by atoms with Crippen molar-refractivity contribution >= 4 is 53.4 Å². The summed E-state index contributed by atoms with van der Waals surface area (Å²) < 4.78 is 8.80. The van der Waals surface area contributed by atoms with Crippen LogP contribution in [-0.4, -0.2) is 15.0 Å². The first-order valence-corrected chi connectivity index (χ1v) is 18.7. The van der Waals surface area contributed by atoms with Crippen molar-refractivity contribution in [3.8, 4) is 56.4 Å². The van der Waals surface area contributed by atoms with Crippen molar-refractivity contribution < 1.29 is 4.42 Å². The Bertz CT molecular complexity index is 3100. The molecule has 1 aliphatic carbocycles. The fourth-order valence-corrected chi connectivity index (χ4v) is 9.52. The van der Waals surface area contributed by atoms with E-state index in [1.165, 1.54) is 53.2 Å². The molecule has 53 heavy (non-hydrogen) atoms. The second-order valence-corrected chi connectivity index (χ2v) is 15.5. The molecule has 0 spiro atoms. The molecule has 7 aromatic carbocycles. The molecule has 0 fully saturated rings. The minimum absolute atomic E-state index is 0.175. The fourth-order valence-electron chi connectivity index (χ4n) is 8.37. The number of furan rings is 1. The van der Waals surface area contributed by atoms with E-state index in [0.717, 1.165) is 39.0 Å². The van der Waals surface area contributed by atoms with Crippen LogP contribution >= 0.6 is 11.3 Å². The molecule has 0 saturated carbocycles. The maximum absolute atomic E-state index is 6.31. The van der Waals surface area contributed by atoms with E-state index in [2.05, 4.69) is 141 Å². The van der Waals surface area contributed by atoms with Gasteiger partial charge in [-0.25, -0.2) is 15.0 Å².